The van der Waals surface area contributed by atoms with E-state index in [0.717, 1.165) is 0 Å². The number of nitrogens with zero attached hydrogens (tertiary/aromatic N) is 1. The van der Waals surface area contributed by atoms with Crippen LogP contribution in [0.3, 0.4) is 0 Å². The summed E-state index contributed by atoms with van der Waals surface area (Å²) >= 11 is 0. The molecule has 4 heteroatoms. The highest BCUT2D eigenvalue weighted by molar-refractivity contribution is 5.96. The summed E-state index contributed by atoms with van der Waals surface area (Å²) in [6, 6.07) is 1.72. The van der Waals surface area contributed by atoms with Gasteiger partial charge in [-0.3, -0.25) is 9.78 Å². The largest absolute Gasteiger partial charge is 0.492 e. The van der Waals surface area contributed by atoms with Crippen LogP contribution in [0.2, 0.25) is 0 Å². The first-order valence-electron chi connectivity index (χ1n) is 5.48. The van der Waals surface area contributed by atoms with Gasteiger partial charge in [0.25, 0.3) is 0 Å². The molecule has 1 rings (SSSR count). The van der Waals surface area contributed by atoms with Crippen LogP contribution in [0, 0.1) is 5.92 Å². The van der Waals surface area contributed by atoms with Crippen molar-refractivity contribution in [2.24, 2.45) is 11.7 Å². The maximum absolute atomic E-state index is 11.8. The van der Waals surface area contributed by atoms with Gasteiger partial charge in [0.2, 0.25) is 0 Å². The predicted octanol–water partition coefficient (Wildman–Crippen LogP) is 1.65. The van der Waals surface area contributed by atoms with Crippen LogP contribution >= 0.6 is 0 Å². The second-order valence-electron chi connectivity index (χ2n) is 3.81. The average molecular weight is 222 g/mol. The maximum atomic E-state index is 11.8. The molecule has 1 atom stereocenters. The summed E-state index contributed by atoms with van der Waals surface area (Å²) in [5, 5.41) is 0. The number of hydrogen-bond donors (Lipinski definition) is 1. The lowest BCUT2D eigenvalue weighted by atomic mass is 10.0. The van der Waals surface area contributed by atoms with Crippen LogP contribution in [0.5, 0.6) is 5.75 Å². The van der Waals surface area contributed by atoms with Gasteiger partial charge >= 0.3 is 0 Å². The number of Topliss-reactive ketones (excluding diaryl/α,β-unsaturated/α-hetero) is 1. The maximum Gasteiger partial charge on any atom is 0.164 e. The van der Waals surface area contributed by atoms with Crippen molar-refractivity contribution < 1.29 is 9.53 Å². The topological polar surface area (TPSA) is 65.2 Å². The summed E-state index contributed by atoms with van der Waals surface area (Å²) in [4.78, 5) is 15.8. The molecular weight excluding hydrogens is 204 g/mol. The van der Waals surface area contributed by atoms with Crippen LogP contribution in [0.4, 0.5) is 0 Å². The van der Waals surface area contributed by atoms with Crippen molar-refractivity contribution >= 4 is 5.78 Å². The molecule has 1 aromatic heterocycles. The van der Waals surface area contributed by atoms with Gasteiger partial charge in [-0.15, -0.1) is 0 Å². The van der Waals surface area contributed by atoms with E-state index in [1.165, 1.54) is 0 Å². The number of nitrogens with two attached hydrogens (primary N) is 1. The molecule has 1 aromatic rings. The Morgan fingerprint density at radius 3 is 2.94 bits per heavy atom. The SMILES string of the molecule is CCOc1cncc(C(=O)CC(C)CN)c1. The molecular formula is C12H18N2O2. The first-order chi connectivity index (χ1) is 7.67. The smallest absolute Gasteiger partial charge is 0.164 e. The van der Waals surface area contributed by atoms with Gasteiger partial charge in [0.05, 0.1) is 12.8 Å². The lowest BCUT2D eigenvalue weighted by Crippen LogP contribution is -2.15. The molecule has 0 bridgehead atoms. The van der Waals surface area contributed by atoms with Gasteiger partial charge in [0.1, 0.15) is 5.75 Å². The molecule has 16 heavy (non-hydrogen) atoms. The zero-order valence-electron chi connectivity index (χ0n) is 9.77. The Bertz CT molecular complexity index is 353. The van der Waals surface area contributed by atoms with Gasteiger partial charge in [-0.25, -0.2) is 0 Å². The Hall–Kier alpha value is -1.42. The molecule has 0 fully saturated rings. The minimum Gasteiger partial charge on any atom is -0.492 e. The first-order valence-corrected chi connectivity index (χ1v) is 5.48. The van der Waals surface area contributed by atoms with Crippen molar-refractivity contribution in [1.29, 1.82) is 0 Å². The normalized spacial score (nSPS) is 12.2. The highest BCUT2D eigenvalue weighted by Gasteiger charge is 2.11. The van der Waals surface area contributed by atoms with E-state index in [2.05, 4.69) is 4.98 Å². The molecule has 0 aliphatic heterocycles. The van der Waals surface area contributed by atoms with Gasteiger partial charge in [-0.2, -0.15) is 0 Å². The Morgan fingerprint density at radius 1 is 1.56 bits per heavy atom. The van der Waals surface area contributed by atoms with Crippen molar-refractivity contribution in [3.63, 3.8) is 0 Å². The number of carbonyl (C=O) groups is 1. The number of aromatic nitrogens is 1. The molecule has 0 aromatic carbocycles. The van der Waals surface area contributed by atoms with E-state index in [-0.39, 0.29) is 11.7 Å². The molecule has 88 valence electrons. The Labute approximate surface area is 95.8 Å². The summed E-state index contributed by atoms with van der Waals surface area (Å²) in [6.45, 7) is 4.94. The Kier molecular flexibility index (Phi) is 4.92. The summed E-state index contributed by atoms with van der Waals surface area (Å²) in [7, 11) is 0. The molecule has 0 aliphatic carbocycles. The molecule has 0 aliphatic rings. The second kappa shape index (κ2) is 6.23. The third-order valence-corrected chi connectivity index (χ3v) is 2.28. The van der Waals surface area contributed by atoms with Crippen LogP contribution in [0.15, 0.2) is 18.5 Å². The number of pyridine rings is 1. The molecule has 4 nitrogen and oxygen atoms in total. The number of hydrogen-bond acceptors (Lipinski definition) is 4. The van der Waals surface area contributed by atoms with Gasteiger partial charge in [-0.05, 0) is 25.5 Å². The third kappa shape index (κ3) is 3.62. The number of rotatable bonds is 6. The average Bonchev–Trinajstić information content (AvgIpc) is 2.29. The van der Waals surface area contributed by atoms with Crippen molar-refractivity contribution in [3.8, 4) is 5.75 Å². The third-order valence-electron chi connectivity index (χ3n) is 2.28. The highest BCUT2D eigenvalue weighted by atomic mass is 16.5. The van der Waals surface area contributed by atoms with Gasteiger partial charge in [0, 0.05) is 18.2 Å². The summed E-state index contributed by atoms with van der Waals surface area (Å²) in [6.07, 6.45) is 3.62. The van der Waals surface area contributed by atoms with E-state index < -0.39 is 0 Å². The van der Waals surface area contributed by atoms with E-state index >= 15 is 0 Å². The molecule has 1 unspecified atom stereocenters. The standard InChI is InChI=1S/C12H18N2O2/c1-3-16-11-5-10(7-14-8-11)12(15)4-9(2)6-13/h5,7-9H,3-4,6,13H2,1-2H3. The fourth-order valence-electron chi connectivity index (χ4n) is 1.33. The fraction of sp³-hybridized carbons (Fsp3) is 0.500. The fourth-order valence-corrected chi connectivity index (χ4v) is 1.33. The van der Waals surface area contributed by atoms with Crippen LogP contribution in [0.25, 0.3) is 0 Å². The summed E-state index contributed by atoms with van der Waals surface area (Å²) in [5.41, 5.74) is 6.07. The van der Waals surface area contributed by atoms with Gasteiger partial charge in [-0.1, -0.05) is 6.92 Å². The number of ether oxygens (including phenoxy) is 1. The summed E-state index contributed by atoms with van der Waals surface area (Å²) < 4.78 is 5.29. The first kappa shape index (κ1) is 12.6. The van der Waals surface area contributed by atoms with Crippen LogP contribution in [0.1, 0.15) is 30.6 Å². The molecule has 0 radical (unpaired) electrons. The molecule has 1 heterocycles. The predicted molar refractivity (Wildman–Crippen MR) is 62.6 cm³/mol. The lowest BCUT2D eigenvalue weighted by Gasteiger charge is -2.08. The molecule has 2 N–H and O–H groups in total. The quantitative estimate of drug-likeness (QED) is 0.743. The van der Waals surface area contributed by atoms with E-state index in [1.807, 2.05) is 13.8 Å². The number of ketones is 1. The van der Waals surface area contributed by atoms with Crippen LogP contribution in [-0.4, -0.2) is 23.9 Å². The highest BCUT2D eigenvalue weighted by Crippen LogP contribution is 2.14. The van der Waals surface area contributed by atoms with Crippen molar-refractivity contribution in [1.82, 2.24) is 4.98 Å². The van der Waals surface area contributed by atoms with E-state index in [4.69, 9.17) is 10.5 Å². The Balaban J connectivity index is 2.71. The zero-order valence-corrected chi connectivity index (χ0v) is 9.77. The Morgan fingerprint density at radius 2 is 2.31 bits per heavy atom. The molecule has 0 spiro atoms. The van der Waals surface area contributed by atoms with Gasteiger partial charge in [0.15, 0.2) is 5.78 Å². The van der Waals surface area contributed by atoms with E-state index in [9.17, 15) is 4.79 Å². The van der Waals surface area contributed by atoms with Crippen molar-refractivity contribution in [2.45, 2.75) is 20.3 Å². The van der Waals surface area contributed by atoms with Crippen LogP contribution < -0.4 is 10.5 Å². The zero-order chi connectivity index (χ0) is 12.0. The minimum absolute atomic E-state index is 0.0620. The van der Waals surface area contributed by atoms with Crippen molar-refractivity contribution in [3.05, 3.63) is 24.0 Å². The second-order valence-corrected chi connectivity index (χ2v) is 3.81. The van der Waals surface area contributed by atoms with E-state index in [1.54, 1.807) is 18.5 Å². The molecule has 0 saturated carbocycles. The lowest BCUT2D eigenvalue weighted by molar-refractivity contribution is 0.0965. The van der Waals surface area contributed by atoms with E-state index in [0.29, 0.717) is 30.9 Å². The number of carbonyl (C=O) groups excluding carboxylic acids is 1. The van der Waals surface area contributed by atoms with Crippen molar-refractivity contribution in [2.75, 3.05) is 13.2 Å². The summed E-state index contributed by atoms with van der Waals surface area (Å²) in [5.74, 6) is 0.893. The minimum atomic E-state index is 0.0620. The molecule has 0 saturated heterocycles. The van der Waals surface area contributed by atoms with Gasteiger partial charge < -0.3 is 10.5 Å². The molecule has 0 amide bonds. The monoisotopic (exact) mass is 222 g/mol. The van der Waals surface area contributed by atoms with Crippen LogP contribution in [-0.2, 0) is 0 Å².